The van der Waals surface area contributed by atoms with Crippen LogP contribution in [0.4, 0.5) is 5.69 Å². The molecule has 3 aromatic rings. The third-order valence-corrected chi connectivity index (χ3v) is 5.69. The second-order valence-corrected chi connectivity index (χ2v) is 7.77. The minimum absolute atomic E-state index is 0. The van der Waals surface area contributed by atoms with E-state index in [1.807, 2.05) is 42.5 Å². The van der Waals surface area contributed by atoms with E-state index in [0.717, 1.165) is 55.5 Å². The Kier molecular flexibility index (Phi) is 11.1. The Hall–Kier alpha value is -2.87. The molecule has 1 aliphatic heterocycles. The number of methoxy groups -OCH3 is 1. The van der Waals surface area contributed by atoms with Crippen molar-refractivity contribution in [2.75, 3.05) is 51.3 Å². The van der Waals surface area contributed by atoms with Gasteiger partial charge in [-0.2, -0.15) is 0 Å². The van der Waals surface area contributed by atoms with E-state index in [1.165, 1.54) is 0 Å². The SMILES string of the molecule is COc1ccc(COc2ccccc2N2CCN(CCNC(=O)c3ccc[nH]3)CC2)cc1.Cl.Cl. The molecule has 2 aromatic carbocycles. The van der Waals surface area contributed by atoms with Gasteiger partial charge in [-0.3, -0.25) is 9.69 Å². The van der Waals surface area contributed by atoms with Crippen molar-refractivity contribution in [2.24, 2.45) is 0 Å². The highest BCUT2D eigenvalue weighted by molar-refractivity contribution is 5.92. The molecule has 34 heavy (non-hydrogen) atoms. The highest BCUT2D eigenvalue weighted by atomic mass is 35.5. The van der Waals surface area contributed by atoms with E-state index in [9.17, 15) is 4.79 Å². The van der Waals surface area contributed by atoms with E-state index < -0.39 is 0 Å². The first-order chi connectivity index (χ1) is 15.7. The Morgan fingerprint density at radius 3 is 2.38 bits per heavy atom. The van der Waals surface area contributed by atoms with Crippen molar-refractivity contribution in [3.05, 3.63) is 78.1 Å². The number of nitrogens with one attached hydrogen (secondary N) is 2. The van der Waals surface area contributed by atoms with Crippen LogP contribution in [0, 0.1) is 0 Å². The predicted molar refractivity (Wildman–Crippen MR) is 140 cm³/mol. The summed E-state index contributed by atoms with van der Waals surface area (Å²) >= 11 is 0. The van der Waals surface area contributed by atoms with E-state index in [4.69, 9.17) is 9.47 Å². The number of rotatable bonds is 9. The summed E-state index contributed by atoms with van der Waals surface area (Å²) in [7, 11) is 1.67. The maximum absolute atomic E-state index is 12.0. The van der Waals surface area contributed by atoms with Gasteiger partial charge < -0.3 is 24.7 Å². The van der Waals surface area contributed by atoms with Gasteiger partial charge in [-0.15, -0.1) is 24.8 Å². The molecule has 1 fully saturated rings. The minimum Gasteiger partial charge on any atom is -0.497 e. The van der Waals surface area contributed by atoms with Crippen LogP contribution < -0.4 is 19.7 Å². The lowest BCUT2D eigenvalue weighted by molar-refractivity contribution is 0.0943. The monoisotopic (exact) mass is 506 g/mol. The van der Waals surface area contributed by atoms with Crippen LogP contribution in [-0.2, 0) is 6.61 Å². The molecule has 0 radical (unpaired) electrons. The van der Waals surface area contributed by atoms with Gasteiger partial charge in [0.05, 0.1) is 12.8 Å². The van der Waals surface area contributed by atoms with Crippen molar-refractivity contribution in [1.29, 1.82) is 0 Å². The molecular formula is C25H32Cl2N4O3. The number of ether oxygens (including phenoxy) is 2. The summed E-state index contributed by atoms with van der Waals surface area (Å²) in [5, 5.41) is 2.97. The van der Waals surface area contributed by atoms with Crippen LogP contribution in [0.3, 0.4) is 0 Å². The molecule has 0 saturated carbocycles. The average Bonchev–Trinajstić information content (AvgIpc) is 3.39. The smallest absolute Gasteiger partial charge is 0.267 e. The molecule has 0 bridgehead atoms. The molecule has 0 spiro atoms. The Morgan fingerprint density at radius 2 is 1.71 bits per heavy atom. The van der Waals surface area contributed by atoms with Crippen LogP contribution in [0.1, 0.15) is 16.1 Å². The predicted octanol–water partition coefficient (Wildman–Crippen LogP) is 4.00. The number of carbonyl (C=O) groups excluding carboxylic acids is 1. The number of halogens is 2. The number of carbonyl (C=O) groups is 1. The van der Waals surface area contributed by atoms with E-state index in [2.05, 4.69) is 32.2 Å². The first-order valence-electron chi connectivity index (χ1n) is 11.0. The fraction of sp³-hybridized carbons (Fsp3) is 0.320. The van der Waals surface area contributed by atoms with Crippen LogP contribution in [0.25, 0.3) is 0 Å². The number of hydrogen-bond acceptors (Lipinski definition) is 5. The number of para-hydroxylation sites is 2. The largest absolute Gasteiger partial charge is 0.497 e. The van der Waals surface area contributed by atoms with Gasteiger partial charge in [0.1, 0.15) is 23.8 Å². The lowest BCUT2D eigenvalue weighted by atomic mass is 10.2. The molecule has 1 amide bonds. The summed E-state index contributed by atoms with van der Waals surface area (Å²) in [5.74, 6) is 1.68. The molecule has 184 valence electrons. The number of piperazine rings is 1. The van der Waals surface area contributed by atoms with E-state index >= 15 is 0 Å². The third-order valence-electron chi connectivity index (χ3n) is 5.69. The standard InChI is InChI=1S/C25H30N4O3.2ClH/c1-31-21-10-8-20(9-11-21)19-32-24-7-3-2-6-23(24)29-17-15-28(16-18-29)14-13-27-25(30)22-5-4-12-26-22;;/h2-12,26H,13-19H2,1H3,(H,27,30);2*1H. The first kappa shape index (κ1) is 27.4. The summed E-state index contributed by atoms with van der Waals surface area (Å²) < 4.78 is 11.4. The zero-order chi connectivity index (χ0) is 22.2. The fourth-order valence-corrected chi connectivity index (χ4v) is 3.83. The van der Waals surface area contributed by atoms with Crippen molar-refractivity contribution in [1.82, 2.24) is 15.2 Å². The molecule has 0 aliphatic carbocycles. The number of benzene rings is 2. The molecule has 1 saturated heterocycles. The number of amides is 1. The van der Waals surface area contributed by atoms with Crippen LogP contribution in [0.5, 0.6) is 11.5 Å². The van der Waals surface area contributed by atoms with Crippen molar-refractivity contribution < 1.29 is 14.3 Å². The molecular weight excluding hydrogens is 475 g/mol. The van der Waals surface area contributed by atoms with Crippen molar-refractivity contribution >= 4 is 36.4 Å². The van der Waals surface area contributed by atoms with Crippen LogP contribution in [0.2, 0.25) is 0 Å². The third kappa shape index (κ3) is 7.32. The van der Waals surface area contributed by atoms with E-state index in [0.29, 0.717) is 18.8 Å². The summed E-state index contributed by atoms with van der Waals surface area (Å²) in [5.41, 5.74) is 2.83. The van der Waals surface area contributed by atoms with Gasteiger partial charge in [-0.1, -0.05) is 24.3 Å². The lowest BCUT2D eigenvalue weighted by Crippen LogP contribution is -2.48. The van der Waals surface area contributed by atoms with Crippen LogP contribution in [0.15, 0.2) is 66.9 Å². The second-order valence-electron chi connectivity index (χ2n) is 7.77. The number of anilines is 1. The topological polar surface area (TPSA) is 69.8 Å². The lowest BCUT2D eigenvalue weighted by Gasteiger charge is -2.36. The summed E-state index contributed by atoms with van der Waals surface area (Å²) in [6.07, 6.45) is 1.76. The maximum Gasteiger partial charge on any atom is 0.267 e. The van der Waals surface area contributed by atoms with Gasteiger partial charge in [-0.05, 0) is 42.0 Å². The van der Waals surface area contributed by atoms with Crippen molar-refractivity contribution in [3.8, 4) is 11.5 Å². The summed E-state index contributed by atoms with van der Waals surface area (Å²) in [4.78, 5) is 19.7. The van der Waals surface area contributed by atoms with Gasteiger partial charge >= 0.3 is 0 Å². The molecule has 2 N–H and O–H groups in total. The summed E-state index contributed by atoms with van der Waals surface area (Å²) in [6.45, 7) is 5.74. The molecule has 4 rings (SSSR count). The van der Waals surface area contributed by atoms with Crippen LogP contribution in [-0.4, -0.2) is 62.2 Å². The van der Waals surface area contributed by atoms with Gasteiger partial charge in [-0.25, -0.2) is 0 Å². The zero-order valence-corrected chi connectivity index (χ0v) is 20.9. The molecule has 0 unspecified atom stereocenters. The molecule has 2 heterocycles. The zero-order valence-electron chi connectivity index (χ0n) is 19.2. The normalized spacial score (nSPS) is 13.4. The Bertz CT molecular complexity index is 992. The molecule has 0 atom stereocenters. The number of hydrogen-bond donors (Lipinski definition) is 2. The molecule has 1 aromatic heterocycles. The number of aromatic nitrogens is 1. The molecule has 9 heteroatoms. The van der Waals surface area contributed by atoms with Crippen molar-refractivity contribution in [3.63, 3.8) is 0 Å². The summed E-state index contributed by atoms with van der Waals surface area (Å²) in [6, 6.07) is 19.8. The Balaban J connectivity index is 0.00000204. The quantitative estimate of drug-likeness (QED) is 0.459. The Morgan fingerprint density at radius 1 is 0.971 bits per heavy atom. The van der Waals surface area contributed by atoms with Gasteiger partial charge in [0.25, 0.3) is 5.91 Å². The van der Waals surface area contributed by atoms with Gasteiger partial charge in [0, 0.05) is 45.5 Å². The highest BCUT2D eigenvalue weighted by Gasteiger charge is 2.19. The average molecular weight is 507 g/mol. The highest BCUT2D eigenvalue weighted by Crippen LogP contribution is 2.29. The van der Waals surface area contributed by atoms with Gasteiger partial charge in [0.2, 0.25) is 0 Å². The maximum atomic E-state index is 12.0. The number of nitrogens with zero attached hydrogens (tertiary/aromatic N) is 2. The molecule has 7 nitrogen and oxygen atoms in total. The minimum atomic E-state index is -0.0587. The number of H-pyrrole nitrogens is 1. The Labute approximate surface area is 213 Å². The fourth-order valence-electron chi connectivity index (χ4n) is 3.83. The molecule has 1 aliphatic rings. The van der Waals surface area contributed by atoms with Gasteiger partial charge in [0.15, 0.2) is 0 Å². The van der Waals surface area contributed by atoms with E-state index in [-0.39, 0.29) is 30.7 Å². The van der Waals surface area contributed by atoms with Crippen molar-refractivity contribution in [2.45, 2.75) is 6.61 Å². The van der Waals surface area contributed by atoms with E-state index in [1.54, 1.807) is 19.4 Å². The second kappa shape index (κ2) is 13.7. The van der Waals surface area contributed by atoms with Crippen LogP contribution >= 0.6 is 24.8 Å². The number of aromatic amines is 1. The first-order valence-corrected chi connectivity index (χ1v) is 11.0.